The maximum absolute atomic E-state index is 12.4. The number of hydrogen-bond donors (Lipinski definition) is 0. The summed E-state index contributed by atoms with van der Waals surface area (Å²) in [6, 6.07) is 5.84. The second kappa shape index (κ2) is 6.37. The van der Waals surface area contributed by atoms with Gasteiger partial charge in [0, 0.05) is 28.7 Å². The fourth-order valence-electron chi connectivity index (χ4n) is 2.26. The standard InChI is InChI=1S/C14H14BrNO2S2/c15-10-8-13(20-9-10)14(17)16-4-3-12(19-7-5-16)11-2-1-6-18-11/h1-2,6,8-9,12H,3-5,7H2. The van der Waals surface area contributed by atoms with Gasteiger partial charge < -0.3 is 9.32 Å². The van der Waals surface area contributed by atoms with Crippen LogP contribution in [0.4, 0.5) is 0 Å². The van der Waals surface area contributed by atoms with Crippen LogP contribution in [0.2, 0.25) is 0 Å². The SMILES string of the molecule is O=C(c1cc(Br)cs1)N1CCSC(c2ccco2)CC1. The molecule has 20 heavy (non-hydrogen) atoms. The van der Waals surface area contributed by atoms with Crippen LogP contribution in [0.5, 0.6) is 0 Å². The molecular formula is C14H14BrNO2S2. The fourth-order valence-corrected chi connectivity index (χ4v) is 4.83. The third kappa shape index (κ3) is 3.13. The Balaban J connectivity index is 1.66. The highest BCUT2D eigenvalue weighted by atomic mass is 79.9. The molecule has 0 aliphatic carbocycles. The molecule has 1 unspecified atom stereocenters. The third-order valence-electron chi connectivity index (χ3n) is 3.27. The number of halogens is 1. The van der Waals surface area contributed by atoms with Crippen molar-refractivity contribution in [3.63, 3.8) is 0 Å². The molecule has 1 amide bonds. The largest absolute Gasteiger partial charge is 0.468 e. The lowest BCUT2D eigenvalue weighted by Gasteiger charge is -2.19. The van der Waals surface area contributed by atoms with Crippen molar-refractivity contribution < 1.29 is 9.21 Å². The minimum atomic E-state index is 0.140. The van der Waals surface area contributed by atoms with Crippen LogP contribution in [0.1, 0.15) is 27.1 Å². The average molecular weight is 372 g/mol. The Morgan fingerprint density at radius 2 is 2.35 bits per heavy atom. The maximum Gasteiger partial charge on any atom is 0.263 e. The second-order valence-corrected chi connectivity index (χ2v) is 7.72. The Hall–Kier alpha value is -0.720. The number of thiophene rings is 1. The summed E-state index contributed by atoms with van der Waals surface area (Å²) in [6.07, 6.45) is 2.66. The molecule has 3 rings (SSSR count). The summed E-state index contributed by atoms with van der Waals surface area (Å²) in [4.78, 5) is 15.2. The predicted molar refractivity (Wildman–Crippen MR) is 86.4 cm³/mol. The van der Waals surface area contributed by atoms with Gasteiger partial charge in [0.1, 0.15) is 5.76 Å². The highest BCUT2D eigenvalue weighted by molar-refractivity contribution is 9.10. The molecule has 6 heteroatoms. The Bertz CT molecular complexity index is 582. The molecule has 0 saturated carbocycles. The van der Waals surface area contributed by atoms with Crippen molar-refractivity contribution in [2.75, 3.05) is 18.8 Å². The highest BCUT2D eigenvalue weighted by Gasteiger charge is 2.24. The molecule has 106 valence electrons. The second-order valence-electron chi connectivity index (χ2n) is 4.58. The molecule has 1 atom stereocenters. The lowest BCUT2D eigenvalue weighted by molar-refractivity contribution is 0.0771. The molecule has 1 aliphatic heterocycles. The highest BCUT2D eigenvalue weighted by Crippen LogP contribution is 2.35. The molecule has 3 nitrogen and oxygen atoms in total. The molecule has 1 saturated heterocycles. The molecule has 0 radical (unpaired) electrons. The molecule has 1 aliphatic rings. The van der Waals surface area contributed by atoms with Crippen molar-refractivity contribution in [2.45, 2.75) is 11.7 Å². The van der Waals surface area contributed by atoms with E-state index in [-0.39, 0.29) is 5.91 Å². The van der Waals surface area contributed by atoms with Gasteiger partial charge in [0.05, 0.1) is 16.4 Å². The number of thioether (sulfide) groups is 1. The molecule has 1 fully saturated rings. The smallest absolute Gasteiger partial charge is 0.263 e. The van der Waals surface area contributed by atoms with E-state index in [1.807, 2.05) is 40.2 Å². The molecule has 0 bridgehead atoms. The molecule has 2 aromatic heterocycles. The molecule has 2 aromatic rings. The van der Waals surface area contributed by atoms with Gasteiger partial charge in [-0.25, -0.2) is 0 Å². The number of hydrogen-bond acceptors (Lipinski definition) is 4. The van der Waals surface area contributed by atoms with E-state index < -0.39 is 0 Å². The first-order valence-corrected chi connectivity index (χ1v) is 9.14. The number of nitrogens with zero attached hydrogens (tertiary/aromatic N) is 1. The normalized spacial score (nSPS) is 19.9. The summed E-state index contributed by atoms with van der Waals surface area (Å²) in [6.45, 7) is 1.59. The van der Waals surface area contributed by atoms with Crippen molar-refractivity contribution in [3.8, 4) is 0 Å². The van der Waals surface area contributed by atoms with Gasteiger partial charge in [0.15, 0.2) is 0 Å². The minimum absolute atomic E-state index is 0.140. The van der Waals surface area contributed by atoms with Gasteiger partial charge in [-0.3, -0.25) is 4.79 Å². The predicted octanol–water partition coefficient (Wildman–Crippen LogP) is 4.42. The quantitative estimate of drug-likeness (QED) is 0.782. The van der Waals surface area contributed by atoms with E-state index in [1.165, 1.54) is 11.3 Å². The molecular weight excluding hydrogens is 358 g/mol. The van der Waals surface area contributed by atoms with Crippen molar-refractivity contribution >= 4 is 44.9 Å². The molecule has 0 N–H and O–H groups in total. The molecule has 0 spiro atoms. The molecule has 0 aromatic carbocycles. The minimum Gasteiger partial charge on any atom is -0.468 e. The number of furan rings is 1. The van der Waals surface area contributed by atoms with Crippen molar-refractivity contribution in [1.29, 1.82) is 0 Å². The monoisotopic (exact) mass is 371 g/mol. The van der Waals surface area contributed by atoms with E-state index in [0.717, 1.165) is 40.4 Å². The average Bonchev–Trinajstić information content (AvgIpc) is 3.05. The van der Waals surface area contributed by atoms with Crippen molar-refractivity contribution in [2.24, 2.45) is 0 Å². The van der Waals surface area contributed by atoms with Gasteiger partial charge in [-0.05, 0) is 40.5 Å². The van der Waals surface area contributed by atoms with E-state index in [4.69, 9.17) is 4.42 Å². The first kappa shape index (κ1) is 14.2. The van der Waals surface area contributed by atoms with Gasteiger partial charge in [0.25, 0.3) is 5.91 Å². The van der Waals surface area contributed by atoms with Crippen LogP contribution in [0.3, 0.4) is 0 Å². The van der Waals surface area contributed by atoms with Crippen LogP contribution in [-0.4, -0.2) is 29.6 Å². The van der Waals surface area contributed by atoms with Gasteiger partial charge in [-0.2, -0.15) is 0 Å². The van der Waals surface area contributed by atoms with Gasteiger partial charge in [0.2, 0.25) is 0 Å². The zero-order valence-electron chi connectivity index (χ0n) is 10.8. The van der Waals surface area contributed by atoms with Gasteiger partial charge in [-0.15, -0.1) is 23.1 Å². The van der Waals surface area contributed by atoms with E-state index in [1.54, 1.807) is 6.26 Å². The van der Waals surface area contributed by atoms with E-state index >= 15 is 0 Å². The molecule has 3 heterocycles. The Labute approximate surface area is 134 Å². The number of carbonyl (C=O) groups excluding carboxylic acids is 1. The van der Waals surface area contributed by atoms with Crippen molar-refractivity contribution in [3.05, 3.63) is 45.0 Å². The Kier molecular flexibility index (Phi) is 4.53. The van der Waals surface area contributed by atoms with E-state index in [9.17, 15) is 4.79 Å². The summed E-state index contributed by atoms with van der Waals surface area (Å²) in [7, 11) is 0. The third-order valence-corrected chi connectivity index (χ3v) is 6.24. The Morgan fingerprint density at radius 1 is 1.45 bits per heavy atom. The first-order valence-electron chi connectivity index (χ1n) is 6.42. The van der Waals surface area contributed by atoms with Gasteiger partial charge >= 0.3 is 0 Å². The maximum atomic E-state index is 12.4. The van der Waals surface area contributed by atoms with Crippen LogP contribution in [0, 0.1) is 0 Å². The lowest BCUT2D eigenvalue weighted by atomic mass is 10.2. The summed E-state index contributed by atoms with van der Waals surface area (Å²) in [5, 5.41) is 2.31. The van der Waals surface area contributed by atoms with Crippen LogP contribution < -0.4 is 0 Å². The number of amides is 1. The van der Waals surface area contributed by atoms with Crippen LogP contribution in [0.15, 0.2) is 38.7 Å². The Morgan fingerprint density at radius 3 is 3.05 bits per heavy atom. The van der Waals surface area contributed by atoms with Crippen LogP contribution in [-0.2, 0) is 0 Å². The zero-order valence-corrected chi connectivity index (χ0v) is 14.0. The summed E-state index contributed by atoms with van der Waals surface area (Å²) in [5.41, 5.74) is 0. The van der Waals surface area contributed by atoms with E-state index in [0.29, 0.717) is 5.25 Å². The fraction of sp³-hybridized carbons (Fsp3) is 0.357. The number of carbonyl (C=O) groups is 1. The zero-order chi connectivity index (χ0) is 13.9. The van der Waals surface area contributed by atoms with Crippen LogP contribution in [0.25, 0.3) is 0 Å². The topological polar surface area (TPSA) is 33.5 Å². The summed E-state index contributed by atoms with van der Waals surface area (Å²) < 4.78 is 6.46. The summed E-state index contributed by atoms with van der Waals surface area (Å²) >= 11 is 6.76. The van der Waals surface area contributed by atoms with Crippen LogP contribution >= 0.6 is 39.0 Å². The summed E-state index contributed by atoms with van der Waals surface area (Å²) in [5.74, 6) is 2.11. The first-order chi connectivity index (χ1) is 9.74. The number of rotatable bonds is 2. The van der Waals surface area contributed by atoms with Crippen molar-refractivity contribution in [1.82, 2.24) is 4.90 Å². The van der Waals surface area contributed by atoms with Gasteiger partial charge in [-0.1, -0.05) is 0 Å². The lowest BCUT2D eigenvalue weighted by Crippen LogP contribution is -2.32. The van der Waals surface area contributed by atoms with E-state index in [2.05, 4.69) is 15.9 Å².